The van der Waals surface area contributed by atoms with Crippen LogP contribution in [-0.2, 0) is 9.59 Å². The molecule has 2 atom stereocenters. The van der Waals surface area contributed by atoms with Gasteiger partial charge in [0.2, 0.25) is 11.8 Å². The van der Waals surface area contributed by atoms with E-state index >= 15 is 0 Å². The van der Waals surface area contributed by atoms with Crippen LogP contribution in [0.25, 0.3) is 0 Å². The summed E-state index contributed by atoms with van der Waals surface area (Å²) in [6.07, 6.45) is 8.05. The lowest BCUT2D eigenvalue weighted by Crippen LogP contribution is -2.52. The second-order valence-electron chi connectivity index (χ2n) is 7.89. The largest absolute Gasteiger partial charge is 0.343 e. The van der Waals surface area contributed by atoms with Crippen LogP contribution >= 0.6 is 0 Å². The number of hydrogen-bond acceptors (Lipinski definition) is 3. The molecular weight excluding hydrogens is 314 g/mol. The van der Waals surface area contributed by atoms with Crippen molar-refractivity contribution in [2.24, 2.45) is 0 Å². The van der Waals surface area contributed by atoms with Gasteiger partial charge in [-0.15, -0.1) is 0 Å². The summed E-state index contributed by atoms with van der Waals surface area (Å²) in [5.41, 5.74) is 0. The molecule has 2 heterocycles. The first-order valence-corrected chi connectivity index (χ1v) is 10.2. The molecule has 0 aromatic heterocycles. The first-order chi connectivity index (χ1) is 12.0. The van der Waals surface area contributed by atoms with Gasteiger partial charge in [0.1, 0.15) is 0 Å². The van der Waals surface area contributed by atoms with Crippen molar-refractivity contribution in [1.82, 2.24) is 14.7 Å². The molecule has 0 radical (unpaired) electrons. The minimum absolute atomic E-state index is 0.201. The van der Waals surface area contributed by atoms with Gasteiger partial charge in [-0.2, -0.15) is 0 Å². The van der Waals surface area contributed by atoms with Crippen LogP contribution in [0.15, 0.2) is 0 Å². The van der Waals surface area contributed by atoms with Crippen molar-refractivity contribution in [3.05, 3.63) is 0 Å². The Morgan fingerprint density at radius 2 is 1.56 bits per heavy atom. The van der Waals surface area contributed by atoms with Gasteiger partial charge in [-0.1, -0.05) is 13.8 Å². The van der Waals surface area contributed by atoms with Crippen molar-refractivity contribution in [3.8, 4) is 0 Å². The van der Waals surface area contributed by atoms with Gasteiger partial charge < -0.3 is 14.7 Å². The van der Waals surface area contributed by atoms with E-state index in [1.54, 1.807) is 6.92 Å². The van der Waals surface area contributed by atoms with E-state index in [2.05, 4.69) is 23.6 Å². The molecule has 2 fully saturated rings. The molecule has 0 spiro atoms. The van der Waals surface area contributed by atoms with E-state index in [9.17, 15) is 9.59 Å². The molecule has 2 rings (SSSR count). The topological polar surface area (TPSA) is 43.9 Å². The van der Waals surface area contributed by atoms with Crippen molar-refractivity contribution < 1.29 is 9.59 Å². The van der Waals surface area contributed by atoms with Gasteiger partial charge in [0.15, 0.2) is 0 Å². The summed E-state index contributed by atoms with van der Waals surface area (Å²) in [7, 11) is 1.96. The van der Waals surface area contributed by atoms with Crippen LogP contribution in [0.5, 0.6) is 0 Å². The smallest absolute Gasteiger partial charge is 0.222 e. The molecule has 25 heavy (non-hydrogen) atoms. The van der Waals surface area contributed by atoms with Crippen LogP contribution in [0.3, 0.4) is 0 Å². The van der Waals surface area contributed by atoms with Crippen LogP contribution in [-0.4, -0.2) is 71.3 Å². The third kappa shape index (κ3) is 5.19. The number of piperidine rings is 1. The SMILES string of the molecule is CCCN(CCC)CCCC(=O)N(C)C1CC2CCC(C1)N2C(C)=O. The number of rotatable bonds is 9. The van der Waals surface area contributed by atoms with E-state index in [1.165, 1.54) is 12.8 Å². The van der Waals surface area contributed by atoms with Crippen LogP contribution in [0.2, 0.25) is 0 Å². The van der Waals surface area contributed by atoms with Crippen molar-refractivity contribution in [2.45, 2.75) is 90.3 Å². The number of nitrogens with zero attached hydrogens (tertiary/aromatic N) is 3. The Morgan fingerprint density at radius 3 is 2.04 bits per heavy atom. The fourth-order valence-electron chi connectivity index (χ4n) is 4.78. The first kappa shape index (κ1) is 20.2. The van der Waals surface area contributed by atoms with Gasteiger partial charge in [0.25, 0.3) is 0 Å². The van der Waals surface area contributed by atoms with Gasteiger partial charge in [-0.05, 0) is 64.6 Å². The average molecular weight is 352 g/mol. The van der Waals surface area contributed by atoms with E-state index in [-0.39, 0.29) is 11.8 Å². The summed E-state index contributed by atoms with van der Waals surface area (Å²) in [5.74, 6) is 0.473. The number of fused-ring (bicyclic) bond motifs is 2. The lowest BCUT2D eigenvalue weighted by molar-refractivity contribution is -0.137. The summed E-state index contributed by atoms with van der Waals surface area (Å²) in [5, 5.41) is 0. The van der Waals surface area contributed by atoms with Crippen LogP contribution < -0.4 is 0 Å². The van der Waals surface area contributed by atoms with E-state index in [4.69, 9.17) is 0 Å². The summed E-state index contributed by atoms with van der Waals surface area (Å²) in [6, 6.07) is 1.00. The zero-order valence-corrected chi connectivity index (χ0v) is 16.7. The quantitative estimate of drug-likeness (QED) is 0.641. The van der Waals surface area contributed by atoms with Crippen molar-refractivity contribution in [1.29, 1.82) is 0 Å². The van der Waals surface area contributed by atoms with Gasteiger partial charge in [-0.3, -0.25) is 9.59 Å². The van der Waals surface area contributed by atoms with Gasteiger partial charge in [0.05, 0.1) is 0 Å². The highest BCUT2D eigenvalue weighted by atomic mass is 16.2. The molecule has 0 aromatic carbocycles. The predicted molar refractivity (Wildman–Crippen MR) is 101 cm³/mol. The summed E-state index contributed by atoms with van der Waals surface area (Å²) >= 11 is 0. The van der Waals surface area contributed by atoms with Gasteiger partial charge in [0, 0.05) is 38.5 Å². The highest BCUT2D eigenvalue weighted by Gasteiger charge is 2.43. The predicted octanol–water partition coefficient (Wildman–Crippen LogP) is 2.89. The highest BCUT2D eigenvalue weighted by molar-refractivity contribution is 5.77. The van der Waals surface area contributed by atoms with Crippen LogP contribution in [0, 0.1) is 0 Å². The fraction of sp³-hybridized carbons (Fsp3) is 0.900. The minimum atomic E-state index is 0.201. The summed E-state index contributed by atoms with van der Waals surface area (Å²) in [6.45, 7) is 9.39. The van der Waals surface area contributed by atoms with Crippen molar-refractivity contribution >= 4 is 11.8 Å². The van der Waals surface area contributed by atoms with E-state index in [0.717, 1.165) is 51.7 Å². The first-order valence-electron chi connectivity index (χ1n) is 10.2. The van der Waals surface area contributed by atoms with E-state index < -0.39 is 0 Å². The third-order valence-electron chi connectivity index (χ3n) is 5.96. The molecule has 0 saturated carbocycles. The van der Waals surface area contributed by atoms with E-state index in [1.807, 2.05) is 11.9 Å². The standard InChI is InChI=1S/C20H37N3O2/c1-5-11-22(12-6-2)13-7-8-20(25)21(4)19-14-17-9-10-18(15-19)23(17)16(3)24/h17-19H,5-15H2,1-4H3. The van der Waals surface area contributed by atoms with Crippen LogP contribution in [0.4, 0.5) is 0 Å². The molecule has 0 N–H and O–H groups in total. The van der Waals surface area contributed by atoms with Crippen LogP contribution in [0.1, 0.15) is 72.1 Å². The second-order valence-corrected chi connectivity index (χ2v) is 7.89. The Balaban J connectivity index is 1.78. The Morgan fingerprint density at radius 1 is 1.00 bits per heavy atom. The Hall–Kier alpha value is -1.10. The maximum Gasteiger partial charge on any atom is 0.222 e. The third-order valence-corrected chi connectivity index (χ3v) is 5.96. The minimum Gasteiger partial charge on any atom is -0.343 e. The summed E-state index contributed by atoms with van der Waals surface area (Å²) < 4.78 is 0. The molecule has 2 bridgehead atoms. The zero-order valence-electron chi connectivity index (χ0n) is 16.7. The van der Waals surface area contributed by atoms with Gasteiger partial charge >= 0.3 is 0 Å². The monoisotopic (exact) mass is 351 g/mol. The number of carbonyl (C=O) groups is 2. The molecule has 144 valence electrons. The van der Waals surface area contributed by atoms with Crippen molar-refractivity contribution in [3.63, 3.8) is 0 Å². The molecule has 2 aliphatic rings. The normalized spacial score (nSPS) is 25.5. The Bertz CT molecular complexity index is 434. The molecule has 2 unspecified atom stereocenters. The maximum atomic E-state index is 12.6. The number of amides is 2. The molecule has 0 aromatic rings. The Kier molecular flexibility index (Phi) is 7.73. The van der Waals surface area contributed by atoms with Gasteiger partial charge in [-0.25, -0.2) is 0 Å². The average Bonchev–Trinajstić information content (AvgIpc) is 2.85. The Labute approximate surface area is 153 Å². The molecule has 0 aliphatic carbocycles. The number of hydrogen-bond donors (Lipinski definition) is 0. The molecular formula is C20H37N3O2. The number of carbonyl (C=O) groups excluding carboxylic acids is 2. The van der Waals surface area contributed by atoms with E-state index in [0.29, 0.717) is 24.5 Å². The lowest BCUT2D eigenvalue weighted by atomic mass is 9.95. The molecule has 5 heteroatoms. The zero-order chi connectivity index (χ0) is 18.4. The van der Waals surface area contributed by atoms with Crippen molar-refractivity contribution in [2.75, 3.05) is 26.7 Å². The fourth-order valence-corrected chi connectivity index (χ4v) is 4.78. The molecule has 2 saturated heterocycles. The highest BCUT2D eigenvalue weighted by Crippen LogP contribution is 2.37. The lowest BCUT2D eigenvalue weighted by Gasteiger charge is -2.42. The second kappa shape index (κ2) is 9.56. The molecule has 2 aliphatic heterocycles. The molecule has 2 amide bonds. The summed E-state index contributed by atoms with van der Waals surface area (Å²) in [4.78, 5) is 31.0. The maximum absolute atomic E-state index is 12.6. The molecule has 5 nitrogen and oxygen atoms in total.